The first kappa shape index (κ1) is 22.5. The highest BCUT2D eigenvalue weighted by molar-refractivity contribution is 5.80. The van der Waals surface area contributed by atoms with Gasteiger partial charge in [0.15, 0.2) is 5.96 Å². The molecule has 0 radical (unpaired) electrons. The van der Waals surface area contributed by atoms with Crippen molar-refractivity contribution in [2.75, 3.05) is 66.5 Å². The Hall–Kier alpha value is -1.55. The van der Waals surface area contributed by atoms with Crippen molar-refractivity contribution in [2.24, 2.45) is 4.99 Å². The Bertz CT molecular complexity index is 461. The van der Waals surface area contributed by atoms with E-state index in [0.717, 1.165) is 13.1 Å². The molecule has 0 spiro atoms. The topological polar surface area (TPSA) is 63.2 Å². The number of guanidine groups is 1. The summed E-state index contributed by atoms with van der Waals surface area (Å²) in [6.45, 7) is 6.87. The van der Waals surface area contributed by atoms with Crippen molar-refractivity contribution in [3.63, 3.8) is 0 Å². The van der Waals surface area contributed by atoms with Gasteiger partial charge in [-0.05, 0) is 20.9 Å². The van der Waals surface area contributed by atoms with Crippen molar-refractivity contribution in [1.29, 1.82) is 0 Å². The second kappa shape index (κ2) is 10.6. The fourth-order valence-electron chi connectivity index (χ4n) is 2.76. The van der Waals surface area contributed by atoms with Crippen LogP contribution in [0.5, 0.6) is 0 Å². The van der Waals surface area contributed by atoms with E-state index in [1.807, 2.05) is 13.8 Å². The van der Waals surface area contributed by atoms with Crippen LogP contribution in [-0.2, 0) is 4.79 Å². The molecule has 0 saturated carbocycles. The molecule has 0 aliphatic carbocycles. The summed E-state index contributed by atoms with van der Waals surface area (Å²) in [4.78, 5) is 21.4. The van der Waals surface area contributed by atoms with Crippen molar-refractivity contribution in [1.82, 2.24) is 25.3 Å². The molecule has 0 aromatic carbocycles. The average molecular weight is 380 g/mol. The monoisotopic (exact) mass is 380 g/mol. The Kier molecular flexibility index (Phi) is 9.14. The van der Waals surface area contributed by atoms with Gasteiger partial charge in [-0.3, -0.25) is 19.6 Å². The van der Waals surface area contributed by atoms with E-state index in [1.165, 1.54) is 11.9 Å². The van der Waals surface area contributed by atoms with Crippen LogP contribution < -0.4 is 10.6 Å². The molecule has 1 rings (SSSR count). The van der Waals surface area contributed by atoms with Crippen molar-refractivity contribution in [3.05, 3.63) is 0 Å². The zero-order chi connectivity index (χ0) is 19.7. The van der Waals surface area contributed by atoms with Gasteiger partial charge in [-0.25, -0.2) is 0 Å². The van der Waals surface area contributed by atoms with Crippen molar-refractivity contribution in [2.45, 2.75) is 26.1 Å². The van der Waals surface area contributed by atoms with Crippen molar-refractivity contribution < 1.29 is 18.0 Å². The number of carbonyl (C=O) groups is 1. The molecule has 152 valence electrons. The van der Waals surface area contributed by atoms with E-state index in [1.54, 1.807) is 7.05 Å². The lowest BCUT2D eigenvalue weighted by Crippen LogP contribution is -2.54. The fraction of sp³-hybridized carbons (Fsp3) is 0.875. The number of rotatable bonds is 7. The standard InChI is InChI=1S/C16H31F3N6O/c1-13(2)22-14(26)11-24-7-9-25(10-8-24)15(20-3)21-5-6-23(4)12-16(17,18)19/h13H,5-12H2,1-4H3,(H,20,21)(H,22,26). The molecule has 1 aliphatic heterocycles. The van der Waals surface area contributed by atoms with Gasteiger partial charge in [0.1, 0.15) is 0 Å². The third kappa shape index (κ3) is 9.23. The summed E-state index contributed by atoms with van der Waals surface area (Å²) in [5.41, 5.74) is 0. The highest BCUT2D eigenvalue weighted by atomic mass is 19.4. The number of hydrogen-bond acceptors (Lipinski definition) is 4. The summed E-state index contributed by atoms with van der Waals surface area (Å²) in [7, 11) is 3.10. The Morgan fingerprint density at radius 1 is 1.23 bits per heavy atom. The van der Waals surface area contributed by atoms with E-state index >= 15 is 0 Å². The summed E-state index contributed by atoms with van der Waals surface area (Å²) in [5, 5.41) is 5.98. The van der Waals surface area contributed by atoms with E-state index in [-0.39, 0.29) is 18.5 Å². The number of nitrogens with zero attached hydrogens (tertiary/aromatic N) is 4. The van der Waals surface area contributed by atoms with Gasteiger partial charge >= 0.3 is 6.18 Å². The van der Waals surface area contributed by atoms with E-state index in [9.17, 15) is 18.0 Å². The lowest BCUT2D eigenvalue weighted by Gasteiger charge is -2.36. The minimum atomic E-state index is -4.19. The smallest absolute Gasteiger partial charge is 0.355 e. The van der Waals surface area contributed by atoms with Crippen LogP contribution in [-0.4, -0.2) is 105 Å². The third-order valence-corrected chi connectivity index (χ3v) is 3.93. The number of aliphatic imine (C=N–C) groups is 1. The van der Waals surface area contributed by atoms with Crippen LogP contribution in [0.3, 0.4) is 0 Å². The Labute approximate surface area is 153 Å². The Morgan fingerprint density at radius 3 is 2.35 bits per heavy atom. The molecular formula is C16H31F3N6O. The van der Waals surface area contributed by atoms with Crippen LogP contribution in [0, 0.1) is 0 Å². The third-order valence-electron chi connectivity index (χ3n) is 3.93. The van der Waals surface area contributed by atoms with Gasteiger partial charge in [0.25, 0.3) is 0 Å². The number of likely N-dealkylation sites (N-methyl/N-ethyl adjacent to an activating group) is 1. The highest BCUT2D eigenvalue weighted by Gasteiger charge is 2.29. The number of amides is 1. The van der Waals surface area contributed by atoms with Crippen LogP contribution in [0.1, 0.15) is 13.8 Å². The summed E-state index contributed by atoms with van der Waals surface area (Å²) < 4.78 is 37.0. The summed E-state index contributed by atoms with van der Waals surface area (Å²) in [6, 6.07) is 0.127. The molecule has 7 nitrogen and oxygen atoms in total. The predicted octanol–water partition coefficient (Wildman–Crippen LogP) is 0.198. The molecule has 1 fully saturated rings. The van der Waals surface area contributed by atoms with Gasteiger partial charge < -0.3 is 15.5 Å². The number of carbonyl (C=O) groups excluding carboxylic acids is 1. The quantitative estimate of drug-likeness (QED) is 0.488. The zero-order valence-electron chi connectivity index (χ0n) is 16.1. The number of alkyl halides is 3. The molecule has 1 heterocycles. The first-order chi connectivity index (χ1) is 12.1. The van der Waals surface area contributed by atoms with Gasteiger partial charge in [-0.15, -0.1) is 0 Å². The molecule has 0 bridgehead atoms. The van der Waals surface area contributed by atoms with Gasteiger partial charge in [-0.1, -0.05) is 0 Å². The van der Waals surface area contributed by atoms with Gasteiger partial charge in [0, 0.05) is 52.4 Å². The molecule has 1 saturated heterocycles. The second-order valence-electron chi connectivity index (χ2n) is 6.81. The summed E-state index contributed by atoms with van der Waals surface area (Å²) in [6.07, 6.45) is -4.19. The SMILES string of the molecule is CN=C(NCCN(C)CC(F)(F)F)N1CCN(CC(=O)NC(C)C)CC1. The van der Waals surface area contributed by atoms with E-state index in [2.05, 4.69) is 25.4 Å². The average Bonchev–Trinajstić information content (AvgIpc) is 2.50. The maximum Gasteiger partial charge on any atom is 0.401 e. The molecule has 1 aliphatic rings. The highest BCUT2D eigenvalue weighted by Crippen LogP contribution is 2.15. The molecule has 0 atom stereocenters. The summed E-state index contributed by atoms with van der Waals surface area (Å²) >= 11 is 0. The van der Waals surface area contributed by atoms with Gasteiger partial charge in [-0.2, -0.15) is 13.2 Å². The van der Waals surface area contributed by atoms with Crippen molar-refractivity contribution in [3.8, 4) is 0 Å². The Morgan fingerprint density at radius 2 is 1.85 bits per heavy atom. The minimum Gasteiger partial charge on any atom is -0.355 e. The lowest BCUT2D eigenvalue weighted by atomic mass is 10.3. The first-order valence-electron chi connectivity index (χ1n) is 8.83. The van der Waals surface area contributed by atoms with Gasteiger partial charge in [0.2, 0.25) is 5.91 Å². The van der Waals surface area contributed by atoms with Crippen LogP contribution in [0.2, 0.25) is 0 Å². The maximum atomic E-state index is 12.3. The zero-order valence-corrected chi connectivity index (χ0v) is 16.1. The summed E-state index contributed by atoms with van der Waals surface area (Å²) in [5.74, 6) is 0.695. The molecular weight excluding hydrogens is 349 g/mol. The lowest BCUT2D eigenvalue weighted by molar-refractivity contribution is -0.142. The molecule has 0 aromatic rings. The normalized spacial score (nSPS) is 17.1. The number of nitrogens with one attached hydrogen (secondary N) is 2. The van der Waals surface area contributed by atoms with Crippen LogP contribution >= 0.6 is 0 Å². The predicted molar refractivity (Wildman–Crippen MR) is 96.2 cm³/mol. The number of piperazine rings is 1. The fourth-order valence-corrected chi connectivity index (χ4v) is 2.76. The Balaban J connectivity index is 2.32. The van der Waals surface area contributed by atoms with Crippen LogP contribution in [0.15, 0.2) is 4.99 Å². The molecule has 26 heavy (non-hydrogen) atoms. The molecule has 0 unspecified atom stereocenters. The first-order valence-corrected chi connectivity index (χ1v) is 8.83. The number of halogens is 3. The minimum absolute atomic E-state index is 0.0173. The van der Waals surface area contributed by atoms with Crippen molar-refractivity contribution >= 4 is 11.9 Å². The maximum absolute atomic E-state index is 12.3. The van der Waals surface area contributed by atoms with E-state index < -0.39 is 12.7 Å². The largest absolute Gasteiger partial charge is 0.401 e. The van der Waals surface area contributed by atoms with E-state index in [0.29, 0.717) is 32.1 Å². The van der Waals surface area contributed by atoms with Crippen LogP contribution in [0.25, 0.3) is 0 Å². The van der Waals surface area contributed by atoms with Gasteiger partial charge in [0.05, 0.1) is 13.1 Å². The molecule has 10 heteroatoms. The molecule has 2 N–H and O–H groups in total. The molecule has 0 aromatic heterocycles. The second-order valence-corrected chi connectivity index (χ2v) is 6.81. The van der Waals surface area contributed by atoms with E-state index in [4.69, 9.17) is 0 Å². The molecule has 1 amide bonds. The van der Waals surface area contributed by atoms with Crippen LogP contribution in [0.4, 0.5) is 13.2 Å². The number of hydrogen-bond donors (Lipinski definition) is 2.